The van der Waals surface area contributed by atoms with Gasteiger partial charge in [0, 0.05) is 17.6 Å². The second kappa shape index (κ2) is 7.62. The van der Waals surface area contributed by atoms with Crippen LogP contribution in [0.15, 0.2) is 29.5 Å². The SMILES string of the molecule is C#Cc1cc(NC(=O)C2=C(C)OC(C(=O)C(=O)NC(C)(C)C)C2)ccc1F. The second-order valence-corrected chi connectivity index (χ2v) is 7.21. The van der Waals surface area contributed by atoms with Crippen molar-refractivity contribution in [2.45, 2.75) is 45.8 Å². The highest BCUT2D eigenvalue weighted by Gasteiger charge is 2.36. The molecule has 142 valence electrons. The van der Waals surface area contributed by atoms with Crippen molar-refractivity contribution in [2.75, 3.05) is 5.32 Å². The Morgan fingerprint density at radius 3 is 2.56 bits per heavy atom. The number of ketones is 1. The van der Waals surface area contributed by atoms with Crippen molar-refractivity contribution in [2.24, 2.45) is 0 Å². The van der Waals surface area contributed by atoms with E-state index in [2.05, 4.69) is 16.6 Å². The smallest absolute Gasteiger partial charge is 0.291 e. The zero-order chi connectivity index (χ0) is 20.4. The lowest BCUT2D eigenvalue weighted by Crippen LogP contribution is -2.47. The molecule has 1 heterocycles. The molecule has 0 fully saturated rings. The average Bonchev–Trinajstić information content (AvgIpc) is 2.96. The van der Waals surface area contributed by atoms with Gasteiger partial charge in [-0.3, -0.25) is 14.4 Å². The molecule has 27 heavy (non-hydrogen) atoms. The molecule has 2 amide bonds. The summed E-state index contributed by atoms with van der Waals surface area (Å²) in [6, 6.07) is 3.86. The van der Waals surface area contributed by atoms with Gasteiger partial charge in [-0.05, 0) is 45.9 Å². The number of hydrogen-bond donors (Lipinski definition) is 2. The van der Waals surface area contributed by atoms with Gasteiger partial charge >= 0.3 is 0 Å². The minimum absolute atomic E-state index is 0.0214. The zero-order valence-corrected chi connectivity index (χ0v) is 15.6. The van der Waals surface area contributed by atoms with Gasteiger partial charge in [0.05, 0.1) is 11.1 Å². The summed E-state index contributed by atoms with van der Waals surface area (Å²) in [7, 11) is 0. The molecule has 0 saturated carbocycles. The number of nitrogens with one attached hydrogen (secondary N) is 2. The first-order valence-electron chi connectivity index (χ1n) is 8.32. The number of amides is 2. The summed E-state index contributed by atoms with van der Waals surface area (Å²) in [5, 5.41) is 5.16. The third-order valence-corrected chi connectivity index (χ3v) is 3.79. The van der Waals surface area contributed by atoms with E-state index >= 15 is 0 Å². The first-order valence-corrected chi connectivity index (χ1v) is 8.32. The standard InChI is InChI=1S/C20H21FN2O4/c1-6-12-9-13(7-8-15(12)21)22-18(25)14-10-16(27-11(14)2)17(24)19(26)23-20(3,4)5/h1,7-9,16H,10H2,2-5H3,(H,22,25)(H,23,26). The molecule has 1 aromatic rings. The molecule has 1 unspecified atom stereocenters. The summed E-state index contributed by atoms with van der Waals surface area (Å²) in [6.07, 6.45) is 4.13. The Morgan fingerprint density at radius 1 is 1.30 bits per heavy atom. The summed E-state index contributed by atoms with van der Waals surface area (Å²) in [4.78, 5) is 36.7. The van der Waals surface area contributed by atoms with E-state index in [9.17, 15) is 18.8 Å². The lowest BCUT2D eigenvalue weighted by molar-refractivity contribution is -0.143. The summed E-state index contributed by atoms with van der Waals surface area (Å²) >= 11 is 0. The molecular formula is C20H21FN2O4. The van der Waals surface area contributed by atoms with Crippen molar-refractivity contribution in [3.63, 3.8) is 0 Å². The van der Waals surface area contributed by atoms with Crippen molar-refractivity contribution in [1.82, 2.24) is 5.32 Å². The van der Waals surface area contributed by atoms with E-state index in [4.69, 9.17) is 11.2 Å². The predicted molar refractivity (Wildman–Crippen MR) is 98.1 cm³/mol. The fourth-order valence-corrected chi connectivity index (χ4v) is 2.52. The third-order valence-electron chi connectivity index (χ3n) is 3.79. The van der Waals surface area contributed by atoms with Crippen LogP contribution in [0.25, 0.3) is 0 Å². The Balaban J connectivity index is 2.06. The van der Waals surface area contributed by atoms with Crippen molar-refractivity contribution in [1.29, 1.82) is 0 Å². The van der Waals surface area contributed by atoms with E-state index < -0.39 is 35.1 Å². The first kappa shape index (κ1) is 20.2. The molecule has 2 N–H and O–H groups in total. The normalized spacial score (nSPS) is 16.4. The number of allylic oxidation sites excluding steroid dienone is 1. The number of carbonyl (C=O) groups is 3. The van der Waals surface area contributed by atoms with Crippen LogP contribution in [0.5, 0.6) is 0 Å². The molecule has 0 aliphatic carbocycles. The Morgan fingerprint density at radius 2 is 1.96 bits per heavy atom. The Hall–Kier alpha value is -3.14. The lowest BCUT2D eigenvalue weighted by Gasteiger charge is -2.21. The van der Waals surface area contributed by atoms with Crippen LogP contribution in [0.2, 0.25) is 0 Å². The number of rotatable bonds is 4. The summed E-state index contributed by atoms with van der Waals surface area (Å²) in [6.45, 7) is 6.80. The van der Waals surface area contributed by atoms with Gasteiger partial charge in [0.2, 0.25) is 0 Å². The lowest BCUT2D eigenvalue weighted by atomic mass is 10.0. The number of halogens is 1. The monoisotopic (exact) mass is 372 g/mol. The van der Waals surface area contributed by atoms with E-state index in [1.54, 1.807) is 27.7 Å². The molecule has 1 aliphatic heterocycles. The second-order valence-electron chi connectivity index (χ2n) is 7.21. The van der Waals surface area contributed by atoms with Crippen LogP contribution < -0.4 is 10.6 Å². The van der Waals surface area contributed by atoms with E-state index in [1.165, 1.54) is 12.1 Å². The molecule has 2 rings (SSSR count). The number of benzene rings is 1. The van der Waals surface area contributed by atoms with Gasteiger partial charge in [-0.25, -0.2) is 4.39 Å². The number of hydrogen-bond acceptors (Lipinski definition) is 4. The van der Waals surface area contributed by atoms with Crippen LogP contribution in [0, 0.1) is 18.2 Å². The Labute approximate surface area is 157 Å². The van der Waals surface area contributed by atoms with Crippen LogP contribution in [0.3, 0.4) is 0 Å². The van der Waals surface area contributed by atoms with Crippen molar-refractivity contribution in [3.8, 4) is 12.3 Å². The van der Waals surface area contributed by atoms with Crippen LogP contribution in [-0.4, -0.2) is 29.2 Å². The molecule has 0 radical (unpaired) electrons. The van der Waals surface area contributed by atoms with Gasteiger partial charge < -0.3 is 15.4 Å². The molecule has 7 heteroatoms. The van der Waals surface area contributed by atoms with Crippen molar-refractivity contribution in [3.05, 3.63) is 40.9 Å². The number of Topliss-reactive ketones (excluding diaryl/α,β-unsaturated/α-hetero) is 1. The fraction of sp³-hybridized carbons (Fsp3) is 0.350. The van der Waals surface area contributed by atoms with Gasteiger partial charge in [-0.2, -0.15) is 0 Å². The van der Waals surface area contributed by atoms with Crippen LogP contribution >= 0.6 is 0 Å². The Kier molecular flexibility index (Phi) is 5.69. The van der Waals surface area contributed by atoms with Gasteiger partial charge in [-0.15, -0.1) is 6.42 Å². The van der Waals surface area contributed by atoms with Crippen LogP contribution in [0.1, 0.15) is 39.7 Å². The van der Waals surface area contributed by atoms with Gasteiger partial charge in [0.1, 0.15) is 11.6 Å². The van der Waals surface area contributed by atoms with Crippen LogP contribution in [-0.2, 0) is 19.1 Å². The number of terminal acetylenes is 1. The predicted octanol–water partition coefficient (Wildman–Crippen LogP) is 2.29. The minimum Gasteiger partial charge on any atom is -0.486 e. The molecule has 1 aliphatic rings. The summed E-state index contributed by atoms with van der Waals surface area (Å²) < 4.78 is 18.9. The molecule has 1 atom stereocenters. The first-order chi connectivity index (χ1) is 12.5. The molecule has 0 saturated heterocycles. The number of anilines is 1. The molecule has 0 aromatic heterocycles. The zero-order valence-electron chi connectivity index (χ0n) is 15.6. The highest BCUT2D eigenvalue weighted by molar-refractivity contribution is 6.38. The fourth-order valence-electron chi connectivity index (χ4n) is 2.52. The van der Waals surface area contributed by atoms with Gasteiger partial charge in [0.25, 0.3) is 17.6 Å². The number of ether oxygens (including phenoxy) is 1. The third kappa shape index (κ3) is 4.94. The molecular weight excluding hydrogens is 351 g/mol. The highest BCUT2D eigenvalue weighted by atomic mass is 19.1. The van der Waals surface area contributed by atoms with Gasteiger partial charge in [0.15, 0.2) is 6.10 Å². The maximum absolute atomic E-state index is 13.4. The van der Waals surface area contributed by atoms with E-state index in [0.717, 1.165) is 6.07 Å². The van der Waals surface area contributed by atoms with Crippen LogP contribution in [0.4, 0.5) is 10.1 Å². The largest absolute Gasteiger partial charge is 0.486 e. The quantitative estimate of drug-likeness (QED) is 0.627. The molecule has 1 aromatic carbocycles. The number of carbonyl (C=O) groups excluding carboxylic acids is 3. The van der Waals surface area contributed by atoms with E-state index in [0.29, 0.717) is 5.69 Å². The summed E-state index contributed by atoms with van der Waals surface area (Å²) in [5.74, 6) is -0.135. The highest BCUT2D eigenvalue weighted by Crippen LogP contribution is 2.27. The molecule has 0 spiro atoms. The topological polar surface area (TPSA) is 84.5 Å². The van der Waals surface area contributed by atoms with Crippen molar-refractivity contribution >= 4 is 23.3 Å². The molecule has 0 bridgehead atoms. The van der Waals surface area contributed by atoms with E-state index in [1.807, 2.05) is 0 Å². The maximum atomic E-state index is 13.4. The average molecular weight is 372 g/mol. The Bertz CT molecular complexity index is 875. The molecule has 6 nitrogen and oxygen atoms in total. The minimum atomic E-state index is -1.05. The summed E-state index contributed by atoms with van der Waals surface area (Å²) in [5.41, 5.74) is 0.0113. The van der Waals surface area contributed by atoms with Gasteiger partial charge in [-0.1, -0.05) is 5.92 Å². The van der Waals surface area contributed by atoms with Crippen molar-refractivity contribution < 1.29 is 23.5 Å². The van der Waals surface area contributed by atoms with E-state index in [-0.39, 0.29) is 23.3 Å². The maximum Gasteiger partial charge on any atom is 0.291 e.